The fourth-order valence-electron chi connectivity index (χ4n) is 2.27. The zero-order valence-electron chi connectivity index (χ0n) is 11.3. The fourth-order valence-corrected chi connectivity index (χ4v) is 2.27. The van der Waals surface area contributed by atoms with E-state index in [1.807, 2.05) is 50.2 Å². The maximum absolute atomic E-state index is 11.6. The average Bonchev–Trinajstić information content (AvgIpc) is 2.78. The number of hydrogen-bond donors (Lipinski definition) is 1. The van der Waals surface area contributed by atoms with E-state index >= 15 is 0 Å². The minimum Gasteiger partial charge on any atom is -0.476 e. The van der Waals surface area contributed by atoms with E-state index in [1.54, 1.807) is 10.6 Å². The molecule has 20 heavy (non-hydrogen) atoms. The molecule has 4 nitrogen and oxygen atoms in total. The molecule has 1 N–H and O–H groups in total. The van der Waals surface area contributed by atoms with E-state index in [9.17, 15) is 9.90 Å². The number of aryl methyl sites for hydroxylation is 2. The van der Waals surface area contributed by atoms with Crippen molar-refractivity contribution in [3.63, 3.8) is 0 Å². The number of carboxylic acids is 1. The molecule has 0 radical (unpaired) electrons. The predicted octanol–water partition coefficient (Wildman–Crippen LogP) is 3.32. The zero-order valence-corrected chi connectivity index (χ0v) is 11.3. The molecule has 0 aliphatic carbocycles. The van der Waals surface area contributed by atoms with Crippen LogP contribution in [0.25, 0.3) is 16.9 Å². The van der Waals surface area contributed by atoms with E-state index in [0.29, 0.717) is 11.3 Å². The molecular formula is C16H14N2O2. The van der Waals surface area contributed by atoms with Crippen LogP contribution in [0.2, 0.25) is 0 Å². The molecule has 100 valence electrons. The smallest absolute Gasteiger partial charge is 0.355 e. The molecule has 0 amide bonds. The highest BCUT2D eigenvalue weighted by Gasteiger charge is 2.19. The summed E-state index contributed by atoms with van der Waals surface area (Å²) in [4.78, 5) is 16.0. The van der Waals surface area contributed by atoms with Gasteiger partial charge in [-0.05, 0) is 25.5 Å². The Labute approximate surface area is 116 Å². The Morgan fingerprint density at radius 3 is 2.35 bits per heavy atom. The standard InChI is InChI=1S/C16H14N2O2/c1-10-3-6-12(7-4-10)14-15(16(19)20)18-9-11(2)5-8-13(18)17-14/h3-9H,1-2H3,(H,19,20). The highest BCUT2D eigenvalue weighted by Crippen LogP contribution is 2.25. The monoisotopic (exact) mass is 266 g/mol. The minimum absolute atomic E-state index is 0.201. The third kappa shape index (κ3) is 1.95. The van der Waals surface area contributed by atoms with E-state index in [-0.39, 0.29) is 5.69 Å². The topological polar surface area (TPSA) is 54.6 Å². The number of pyridine rings is 1. The number of aromatic carboxylic acids is 1. The van der Waals surface area contributed by atoms with Crippen LogP contribution in [-0.4, -0.2) is 20.5 Å². The van der Waals surface area contributed by atoms with Gasteiger partial charge in [0.1, 0.15) is 11.3 Å². The van der Waals surface area contributed by atoms with Crippen LogP contribution in [0.5, 0.6) is 0 Å². The summed E-state index contributed by atoms with van der Waals surface area (Å²) in [6.07, 6.45) is 1.80. The maximum atomic E-state index is 11.6. The highest BCUT2D eigenvalue weighted by atomic mass is 16.4. The fraction of sp³-hybridized carbons (Fsp3) is 0.125. The highest BCUT2D eigenvalue weighted by molar-refractivity contribution is 5.94. The number of carbonyl (C=O) groups is 1. The van der Waals surface area contributed by atoms with Crippen LogP contribution in [0.4, 0.5) is 0 Å². The summed E-state index contributed by atoms with van der Waals surface area (Å²) in [5.41, 5.74) is 4.28. The van der Waals surface area contributed by atoms with Gasteiger partial charge in [0, 0.05) is 11.8 Å². The van der Waals surface area contributed by atoms with Gasteiger partial charge in [-0.2, -0.15) is 0 Å². The Bertz CT molecular complexity index is 801. The number of aromatic nitrogens is 2. The number of carboxylic acid groups (broad SMARTS) is 1. The Morgan fingerprint density at radius 1 is 1.05 bits per heavy atom. The van der Waals surface area contributed by atoms with Crippen LogP contribution < -0.4 is 0 Å². The second-order valence-electron chi connectivity index (χ2n) is 4.91. The van der Waals surface area contributed by atoms with Crippen LogP contribution in [-0.2, 0) is 0 Å². The van der Waals surface area contributed by atoms with Crippen molar-refractivity contribution in [3.8, 4) is 11.3 Å². The number of hydrogen-bond acceptors (Lipinski definition) is 2. The molecule has 2 aromatic heterocycles. The largest absolute Gasteiger partial charge is 0.476 e. The lowest BCUT2D eigenvalue weighted by molar-refractivity contribution is 0.0690. The molecule has 0 spiro atoms. The summed E-state index contributed by atoms with van der Waals surface area (Å²) < 4.78 is 1.63. The van der Waals surface area contributed by atoms with Crippen LogP contribution >= 0.6 is 0 Å². The lowest BCUT2D eigenvalue weighted by Gasteiger charge is -2.01. The van der Waals surface area contributed by atoms with Gasteiger partial charge in [0.2, 0.25) is 0 Å². The van der Waals surface area contributed by atoms with Gasteiger partial charge in [-0.15, -0.1) is 0 Å². The first-order valence-corrected chi connectivity index (χ1v) is 6.35. The van der Waals surface area contributed by atoms with Crippen LogP contribution in [0, 0.1) is 13.8 Å². The van der Waals surface area contributed by atoms with Gasteiger partial charge in [-0.3, -0.25) is 4.40 Å². The van der Waals surface area contributed by atoms with E-state index < -0.39 is 5.97 Å². The number of fused-ring (bicyclic) bond motifs is 1. The minimum atomic E-state index is -0.973. The van der Waals surface area contributed by atoms with Gasteiger partial charge >= 0.3 is 5.97 Å². The zero-order chi connectivity index (χ0) is 14.3. The predicted molar refractivity (Wildman–Crippen MR) is 77.1 cm³/mol. The van der Waals surface area contributed by atoms with E-state index in [4.69, 9.17) is 0 Å². The SMILES string of the molecule is Cc1ccc(-c2nc3ccc(C)cn3c2C(=O)O)cc1. The van der Waals surface area contributed by atoms with Gasteiger partial charge in [0.25, 0.3) is 0 Å². The van der Waals surface area contributed by atoms with Gasteiger partial charge in [0.15, 0.2) is 5.69 Å². The average molecular weight is 266 g/mol. The molecular weight excluding hydrogens is 252 g/mol. The van der Waals surface area contributed by atoms with Gasteiger partial charge < -0.3 is 5.11 Å². The van der Waals surface area contributed by atoms with Crippen LogP contribution in [0.3, 0.4) is 0 Å². The Kier molecular flexibility index (Phi) is 2.79. The molecule has 0 saturated carbocycles. The normalized spacial score (nSPS) is 10.9. The third-order valence-electron chi connectivity index (χ3n) is 3.29. The summed E-state index contributed by atoms with van der Waals surface area (Å²) in [6, 6.07) is 11.5. The van der Waals surface area contributed by atoms with Crippen molar-refractivity contribution in [2.75, 3.05) is 0 Å². The second-order valence-corrected chi connectivity index (χ2v) is 4.91. The Morgan fingerprint density at radius 2 is 1.70 bits per heavy atom. The molecule has 0 aliphatic rings. The first-order valence-electron chi connectivity index (χ1n) is 6.35. The third-order valence-corrected chi connectivity index (χ3v) is 3.29. The first kappa shape index (κ1) is 12.4. The molecule has 0 fully saturated rings. The van der Waals surface area contributed by atoms with Crippen molar-refractivity contribution in [2.24, 2.45) is 0 Å². The lowest BCUT2D eigenvalue weighted by Crippen LogP contribution is -2.03. The molecule has 3 aromatic rings. The number of benzene rings is 1. The molecule has 1 aromatic carbocycles. The number of rotatable bonds is 2. The summed E-state index contributed by atoms with van der Waals surface area (Å²) in [7, 11) is 0. The summed E-state index contributed by atoms with van der Waals surface area (Å²) in [5, 5.41) is 9.50. The molecule has 0 bridgehead atoms. The van der Waals surface area contributed by atoms with E-state index in [2.05, 4.69) is 4.98 Å². The van der Waals surface area contributed by atoms with Crippen LogP contribution in [0.15, 0.2) is 42.6 Å². The quantitative estimate of drug-likeness (QED) is 0.774. The Balaban J connectivity index is 2.32. The van der Waals surface area contributed by atoms with Crippen molar-refractivity contribution in [1.29, 1.82) is 0 Å². The molecule has 3 rings (SSSR count). The van der Waals surface area contributed by atoms with Crippen molar-refractivity contribution in [3.05, 3.63) is 59.4 Å². The van der Waals surface area contributed by atoms with Crippen molar-refractivity contribution >= 4 is 11.6 Å². The molecule has 4 heteroatoms. The summed E-state index contributed by atoms with van der Waals surface area (Å²) in [5.74, 6) is -0.973. The summed E-state index contributed by atoms with van der Waals surface area (Å²) >= 11 is 0. The molecule has 0 aliphatic heterocycles. The first-order chi connectivity index (χ1) is 9.56. The van der Waals surface area contributed by atoms with Crippen LogP contribution in [0.1, 0.15) is 21.6 Å². The summed E-state index contributed by atoms with van der Waals surface area (Å²) in [6.45, 7) is 3.92. The molecule has 0 unspecified atom stereocenters. The van der Waals surface area contributed by atoms with Gasteiger partial charge in [-0.25, -0.2) is 9.78 Å². The lowest BCUT2D eigenvalue weighted by atomic mass is 10.1. The number of nitrogens with zero attached hydrogens (tertiary/aromatic N) is 2. The molecule has 0 atom stereocenters. The van der Waals surface area contributed by atoms with Crippen molar-refractivity contribution in [2.45, 2.75) is 13.8 Å². The second kappa shape index (κ2) is 4.49. The van der Waals surface area contributed by atoms with E-state index in [0.717, 1.165) is 16.7 Å². The van der Waals surface area contributed by atoms with Gasteiger partial charge in [-0.1, -0.05) is 35.9 Å². The maximum Gasteiger partial charge on any atom is 0.355 e. The Hall–Kier alpha value is -2.62. The molecule has 2 heterocycles. The van der Waals surface area contributed by atoms with E-state index in [1.165, 1.54) is 0 Å². The van der Waals surface area contributed by atoms with Crippen molar-refractivity contribution < 1.29 is 9.90 Å². The van der Waals surface area contributed by atoms with Gasteiger partial charge in [0.05, 0.1) is 0 Å². The van der Waals surface area contributed by atoms with Crippen molar-refractivity contribution in [1.82, 2.24) is 9.38 Å². The molecule has 0 saturated heterocycles. The number of imidazole rings is 1.